The molecule has 0 aliphatic heterocycles. The number of carbonyl (C=O) groups is 1. The number of rotatable bonds is 4. The Labute approximate surface area is 149 Å². The summed E-state index contributed by atoms with van der Waals surface area (Å²) in [4.78, 5) is 20.3. The van der Waals surface area contributed by atoms with Crippen LogP contribution in [-0.4, -0.2) is 21.9 Å². The lowest BCUT2D eigenvalue weighted by molar-refractivity contribution is -0.137. The van der Waals surface area contributed by atoms with E-state index in [1.165, 1.54) is 30.9 Å². The van der Waals surface area contributed by atoms with Crippen LogP contribution in [0.25, 0.3) is 0 Å². The third kappa shape index (κ3) is 4.71. The molecule has 0 unspecified atom stereocenters. The van der Waals surface area contributed by atoms with Crippen LogP contribution in [0.3, 0.4) is 0 Å². The van der Waals surface area contributed by atoms with Crippen molar-refractivity contribution in [1.29, 1.82) is 0 Å². The van der Waals surface area contributed by atoms with Crippen molar-refractivity contribution in [2.75, 3.05) is 5.32 Å². The molecule has 1 amide bonds. The van der Waals surface area contributed by atoms with Crippen LogP contribution in [0.2, 0.25) is 0 Å². The van der Waals surface area contributed by atoms with Crippen LogP contribution in [0.4, 0.5) is 24.7 Å². The number of benzene rings is 1. The summed E-state index contributed by atoms with van der Waals surface area (Å²) in [6, 6.07) is 6.24. The molecule has 2 N–H and O–H groups in total. The van der Waals surface area contributed by atoms with E-state index in [9.17, 15) is 18.0 Å². The molecular formula is C18H19F3N4O. The molecule has 1 saturated carbocycles. The van der Waals surface area contributed by atoms with E-state index >= 15 is 0 Å². The van der Waals surface area contributed by atoms with Crippen molar-refractivity contribution in [3.05, 3.63) is 47.9 Å². The first kappa shape index (κ1) is 18.2. The highest BCUT2D eigenvalue weighted by Gasteiger charge is 2.29. The lowest BCUT2D eigenvalue weighted by Gasteiger charge is -2.22. The maximum absolute atomic E-state index is 12.6. The third-order valence-corrected chi connectivity index (χ3v) is 4.32. The van der Waals surface area contributed by atoms with E-state index in [1.54, 1.807) is 0 Å². The number of aromatic nitrogens is 2. The van der Waals surface area contributed by atoms with Gasteiger partial charge < -0.3 is 10.6 Å². The van der Waals surface area contributed by atoms with Gasteiger partial charge in [-0.25, -0.2) is 9.97 Å². The predicted octanol–water partition coefficient (Wildman–Crippen LogP) is 4.30. The van der Waals surface area contributed by atoms with Crippen molar-refractivity contribution in [2.24, 2.45) is 0 Å². The molecule has 1 aromatic heterocycles. The zero-order valence-electron chi connectivity index (χ0n) is 14.0. The van der Waals surface area contributed by atoms with Crippen molar-refractivity contribution >= 4 is 17.4 Å². The minimum Gasteiger partial charge on any atom is -0.348 e. The fraction of sp³-hybridized carbons (Fsp3) is 0.389. The monoisotopic (exact) mass is 364 g/mol. The second-order valence-electron chi connectivity index (χ2n) is 6.30. The molecule has 0 atom stereocenters. The number of carbonyl (C=O) groups excluding carboxylic acids is 1. The minimum atomic E-state index is -4.38. The van der Waals surface area contributed by atoms with Crippen molar-refractivity contribution in [1.82, 2.24) is 15.3 Å². The van der Waals surface area contributed by atoms with Crippen LogP contribution < -0.4 is 10.6 Å². The van der Waals surface area contributed by atoms with Crippen LogP contribution in [0.15, 0.2) is 36.7 Å². The van der Waals surface area contributed by atoms with Gasteiger partial charge in [-0.05, 0) is 37.1 Å². The quantitative estimate of drug-likeness (QED) is 0.849. The van der Waals surface area contributed by atoms with Gasteiger partial charge in [0.1, 0.15) is 17.8 Å². The molecule has 1 aliphatic carbocycles. The number of halogens is 3. The minimum absolute atomic E-state index is 0.164. The largest absolute Gasteiger partial charge is 0.416 e. The van der Waals surface area contributed by atoms with Gasteiger partial charge in [-0.3, -0.25) is 4.79 Å². The fourth-order valence-corrected chi connectivity index (χ4v) is 2.95. The van der Waals surface area contributed by atoms with Crippen LogP contribution in [-0.2, 0) is 6.18 Å². The summed E-state index contributed by atoms with van der Waals surface area (Å²) >= 11 is 0. The molecule has 1 fully saturated rings. The van der Waals surface area contributed by atoms with Crippen LogP contribution >= 0.6 is 0 Å². The molecule has 0 bridgehead atoms. The molecule has 26 heavy (non-hydrogen) atoms. The summed E-state index contributed by atoms with van der Waals surface area (Å²) in [5, 5.41) is 5.85. The highest BCUT2D eigenvalue weighted by Crippen LogP contribution is 2.30. The van der Waals surface area contributed by atoms with Crippen molar-refractivity contribution in [3.63, 3.8) is 0 Å². The van der Waals surface area contributed by atoms with E-state index < -0.39 is 11.7 Å². The third-order valence-electron chi connectivity index (χ3n) is 4.32. The molecule has 1 aromatic carbocycles. The number of hydrogen-bond acceptors (Lipinski definition) is 4. The normalized spacial score (nSPS) is 15.5. The lowest BCUT2D eigenvalue weighted by Crippen LogP contribution is -2.36. The van der Waals surface area contributed by atoms with Crippen molar-refractivity contribution in [2.45, 2.75) is 44.3 Å². The number of amides is 1. The Kier molecular flexibility index (Phi) is 5.39. The lowest BCUT2D eigenvalue weighted by atomic mass is 9.95. The van der Waals surface area contributed by atoms with E-state index in [0.29, 0.717) is 11.5 Å². The maximum Gasteiger partial charge on any atom is 0.416 e. The molecule has 2 aromatic rings. The average molecular weight is 364 g/mol. The summed E-state index contributed by atoms with van der Waals surface area (Å²) in [5.41, 5.74) is -0.0615. The van der Waals surface area contributed by atoms with E-state index in [2.05, 4.69) is 20.6 Å². The Hall–Kier alpha value is -2.64. The standard InChI is InChI=1S/C18H19F3N4O/c19-18(20,21)12-6-8-14(9-7-12)24-16-10-15(22-11-23-16)17(26)25-13-4-2-1-3-5-13/h6-11,13H,1-5H2,(H,25,26)(H,22,23,24). The number of alkyl halides is 3. The maximum atomic E-state index is 12.6. The molecule has 0 saturated heterocycles. The van der Waals surface area contributed by atoms with Gasteiger partial charge in [-0.1, -0.05) is 19.3 Å². The van der Waals surface area contributed by atoms with E-state index in [4.69, 9.17) is 0 Å². The molecule has 1 aliphatic rings. The topological polar surface area (TPSA) is 66.9 Å². The number of nitrogens with zero attached hydrogens (tertiary/aromatic N) is 2. The van der Waals surface area contributed by atoms with Crippen LogP contribution in [0, 0.1) is 0 Å². The van der Waals surface area contributed by atoms with Gasteiger partial charge in [-0.15, -0.1) is 0 Å². The first-order chi connectivity index (χ1) is 12.4. The zero-order valence-corrected chi connectivity index (χ0v) is 14.0. The Balaban J connectivity index is 1.66. The van der Waals surface area contributed by atoms with Crippen LogP contribution in [0.1, 0.15) is 48.2 Å². The van der Waals surface area contributed by atoms with Gasteiger partial charge >= 0.3 is 6.18 Å². The van der Waals surface area contributed by atoms with Crippen molar-refractivity contribution < 1.29 is 18.0 Å². The van der Waals surface area contributed by atoms with Gasteiger partial charge in [0.05, 0.1) is 5.56 Å². The smallest absolute Gasteiger partial charge is 0.348 e. The molecule has 5 nitrogen and oxygen atoms in total. The number of anilines is 2. The second-order valence-corrected chi connectivity index (χ2v) is 6.30. The summed E-state index contributed by atoms with van der Waals surface area (Å²) in [6.07, 6.45) is 2.22. The Morgan fingerprint density at radius 1 is 1.04 bits per heavy atom. The predicted molar refractivity (Wildman–Crippen MR) is 91.1 cm³/mol. The fourth-order valence-electron chi connectivity index (χ4n) is 2.95. The highest BCUT2D eigenvalue weighted by atomic mass is 19.4. The molecule has 1 heterocycles. The van der Waals surface area contributed by atoms with Gasteiger partial charge in [-0.2, -0.15) is 13.2 Å². The number of nitrogens with one attached hydrogen (secondary N) is 2. The van der Waals surface area contributed by atoms with Gasteiger partial charge in [0, 0.05) is 17.8 Å². The first-order valence-electron chi connectivity index (χ1n) is 8.49. The second kappa shape index (κ2) is 7.72. The molecule has 0 radical (unpaired) electrons. The first-order valence-corrected chi connectivity index (χ1v) is 8.49. The Bertz CT molecular complexity index is 756. The van der Waals surface area contributed by atoms with Gasteiger partial charge in [0.2, 0.25) is 0 Å². The molecule has 0 spiro atoms. The summed E-state index contributed by atoms with van der Waals surface area (Å²) in [6.45, 7) is 0. The van der Waals surface area contributed by atoms with Crippen LogP contribution in [0.5, 0.6) is 0 Å². The average Bonchev–Trinajstić information content (AvgIpc) is 2.62. The molecule has 8 heteroatoms. The zero-order chi connectivity index (χ0) is 18.6. The highest BCUT2D eigenvalue weighted by molar-refractivity contribution is 5.93. The Morgan fingerprint density at radius 3 is 2.38 bits per heavy atom. The molecule has 3 rings (SSSR count). The van der Waals surface area contributed by atoms with E-state index in [0.717, 1.165) is 37.8 Å². The summed E-state index contributed by atoms with van der Waals surface area (Å²) in [5.74, 6) is 0.0725. The summed E-state index contributed by atoms with van der Waals surface area (Å²) < 4.78 is 37.8. The number of hydrogen-bond donors (Lipinski definition) is 2. The SMILES string of the molecule is O=C(NC1CCCCC1)c1cc(Nc2ccc(C(F)(F)F)cc2)ncn1. The van der Waals surface area contributed by atoms with Crippen molar-refractivity contribution in [3.8, 4) is 0 Å². The Morgan fingerprint density at radius 2 is 1.73 bits per heavy atom. The van der Waals surface area contributed by atoms with Gasteiger partial charge in [0.15, 0.2) is 0 Å². The van der Waals surface area contributed by atoms with E-state index in [1.807, 2.05) is 0 Å². The molecular weight excluding hydrogens is 345 g/mol. The van der Waals surface area contributed by atoms with E-state index in [-0.39, 0.29) is 17.6 Å². The van der Waals surface area contributed by atoms with Gasteiger partial charge in [0.25, 0.3) is 5.91 Å². The molecule has 138 valence electrons. The summed E-state index contributed by atoms with van der Waals surface area (Å²) in [7, 11) is 0.